The van der Waals surface area contributed by atoms with Crippen molar-refractivity contribution in [1.82, 2.24) is 0 Å². The van der Waals surface area contributed by atoms with E-state index >= 15 is 0 Å². The largest absolute Gasteiger partial charge is 0.508 e. The third kappa shape index (κ3) is 0.870. The topological polar surface area (TPSA) is 37.3 Å². The maximum absolute atomic E-state index is 10.8. The Morgan fingerprint density at radius 1 is 1.33 bits per heavy atom. The van der Waals surface area contributed by atoms with E-state index in [1.165, 1.54) is 5.57 Å². The molecule has 0 radical (unpaired) electrons. The van der Waals surface area contributed by atoms with Gasteiger partial charge in [-0.2, -0.15) is 0 Å². The third-order valence-electron chi connectivity index (χ3n) is 3.82. The van der Waals surface area contributed by atoms with E-state index < -0.39 is 0 Å². The summed E-state index contributed by atoms with van der Waals surface area (Å²) >= 11 is 0. The molecule has 76 valence electrons. The monoisotopic (exact) mass is 200 g/mol. The lowest BCUT2D eigenvalue weighted by molar-refractivity contribution is -0.105. The average Bonchev–Trinajstić information content (AvgIpc) is 2.35. The molecule has 0 saturated heterocycles. The molecule has 0 aliphatic heterocycles. The SMILES string of the molecule is CC12C3=CC1=C(O)C=C2CCC(C=O)=C3. The van der Waals surface area contributed by atoms with Gasteiger partial charge in [-0.25, -0.2) is 0 Å². The summed E-state index contributed by atoms with van der Waals surface area (Å²) < 4.78 is 0. The fraction of sp³-hybridized carbons (Fsp3) is 0.308. The first-order valence-corrected chi connectivity index (χ1v) is 5.19. The highest BCUT2D eigenvalue weighted by molar-refractivity contribution is 5.78. The first-order chi connectivity index (χ1) is 7.16. The van der Waals surface area contributed by atoms with Crippen LogP contribution in [0, 0.1) is 5.41 Å². The van der Waals surface area contributed by atoms with E-state index in [4.69, 9.17) is 0 Å². The Labute approximate surface area is 88.3 Å². The summed E-state index contributed by atoms with van der Waals surface area (Å²) in [7, 11) is 0. The Hall–Kier alpha value is -1.57. The van der Waals surface area contributed by atoms with Crippen LogP contribution in [0.2, 0.25) is 0 Å². The molecule has 0 bridgehead atoms. The minimum absolute atomic E-state index is 0.102. The van der Waals surface area contributed by atoms with Crippen molar-refractivity contribution in [3.63, 3.8) is 0 Å². The first-order valence-electron chi connectivity index (χ1n) is 5.19. The fourth-order valence-corrected chi connectivity index (χ4v) is 2.75. The molecule has 0 aromatic heterocycles. The van der Waals surface area contributed by atoms with Crippen LogP contribution in [-0.4, -0.2) is 11.4 Å². The van der Waals surface area contributed by atoms with Crippen molar-refractivity contribution < 1.29 is 9.90 Å². The van der Waals surface area contributed by atoms with Crippen LogP contribution < -0.4 is 0 Å². The number of aliphatic hydroxyl groups excluding tert-OH is 1. The van der Waals surface area contributed by atoms with Gasteiger partial charge in [-0.1, -0.05) is 11.6 Å². The second-order valence-corrected chi connectivity index (χ2v) is 4.53. The van der Waals surface area contributed by atoms with E-state index in [2.05, 4.69) is 6.92 Å². The van der Waals surface area contributed by atoms with Crippen LogP contribution in [0.3, 0.4) is 0 Å². The maximum atomic E-state index is 10.8. The van der Waals surface area contributed by atoms with Crippen LogP contribution in [0.1, 0.15) is 19.8 Å². The van der Waals surface area contributed by atoms with Gasteiger partial charge in [-0.3, -0.25) is 4.79 Å². The highest BCUT2D eigenvalue weighted by Gasteiger charge is 2.47. The van der Waals surface area contributed by atoms with Gasteiger partial charge in [0, 0.05) is 11.0 Å². The molecule has 2 nitrogen and oxygen atoms in total. The summed E-state index contributed by atoms with van der Waals surface area (Å²) in [5, 5.41) is 9.72. The zero-order valence-electron chi connectivity index (χ0n) is 8.58. The Morgan fingerprint density at radius 2 is 2.13 bits per heavy atom. The van der Waals surface area contributed by atoms with E-state index in [0.717, 1.165) is 35.8 Å². The summed E-state index contributed by atoms with van der Waals surface area (Å²) in [6.45, 7) is 2.12. The summed E-state index contributed by atoms with van der Waals surface area (Å²) in [5.41, 5.74) is 4.16. The molecule has 0 spiro atoms. The van der Waals surface area contributed by atoms with Crippen molar-refractivity contribution >= 4 is 6.29 Å². The van der Waals surface area contributed by atoms with Gasteiger partial charge in [0.15, 0.2) is 0 Å². The molecule has 3 aliphatic rings. The van der Waals surface area contributed by atoms with Gasteiger partial charge >= 0.3 is 0 Å². The van der Waals surface area contributed by atoms with Crippen molar-refractivity contribution in [2.45, 2.75) is 19.8 Å². The van der Waals surface area contributed by atoms with Crippen LogP contribution in [0.4, 0.5) is 0 Å². The number of aliphatic hydroxyl groups is 1. The van der Waals surface area contributed by atoms with Gasteiger partial charge in [0.25, 0.3) is 0 Å². The van der Waals surface area contributed by atoms with E-state index in [1.807, 2.05) is 18.2 Å². The quantitative estimate of drug-likeness (QED) is 0.660. The van der Waals surface area contributed by atoms with Crippen molar-refractivity contribution in [2.24, 2.45) is 5.41 Å². The number of rotatable bonds is 1. The molecule has 15 heavy (non-hydrogen) atoms. The highest BCUT2D eigenvalue weighted by atomic mass is 16.3. The zero-order chi connectivity index (χ0) is 10.6. The van der Waals surface area contributed by atoms with Gasteiger partial charge in [0.1, 0.15) is 12.0 Å². The lowest BCUT2D eigenvalue weighted by atomic mass is 9.64. The molecular weight excluding hydrogens is 188 g/mol. The summed E-state index contributed by atoms with van der Waals surface area (Å²) in [6.07, 6.45) is 8.40. The zero-order valence-corrected chi connectivity index (χ0v) is 8.58. The Bertz CT molecular complexity index is 489. The van der Waals surface area contributed by atoms with Crippen LogP contribution in [0.15, 0.2) is 46.3 Å². The predicted octanol–water partition coefficient (Wildman–Crippen LogP) is 2.60. The number of carbonyl (C=O) groups is 1. The summed E-state index contributed by atoms with van der Waals surface area (Å²) in [4.78, 5) is 10.8. The minimum Gasteiger partial charge on any atom is -0.508 e. The molecule has 0 fully saturated rings. The fourth-order valence-electron chi connectivity index (χ4n) is 2.75. The van der Waals surface area contributed by atoms with Gasteiger partial charge in [-0.15, -0.1) is 0 Å². The maximum Gasteiger partial charge on any atom is 0.146 e. The Morgan fingerprint density at radius 3 is 2.87 bits per heavy atom. The number of hydrogen-bond acceptors (Lipinski definition) is 2. The molecule has 3 rings (SSSR count). The lowest BCUT2D eigenvalue weighted by Crippen LogP contribution is -2.28. The van der Waals surface area contributed by atoms with Crippen molar-refractivity contribution in [3.05, 3.63) is 46.3 Å². The van der Waals surface area contributed by atoms with Crippen molar-refractivity contribution in [3.8, 4) is 0 Å². The van der Waals surface area contributed by atoms with Gasteiger partial charge in [0.05, 0.1) is 0 Å². The van der Waals surface area contributed by atoms with Gasteiger partial charge in [-0.05, 0) is 43.1 Å². The average molecular weight is 200 g/mol. The Balaban J connectivity index is 2.18. The molecule has 1 N–H and O–H groups in total. The number of carbonyl (C=O) groups excluding carboxylic acids is 1. The summed E-state index contributed by atoms with van der Waals surface area (Å²) in [6, 6.07) is 0. The van der Waals surface area contributed by atoms with Crippen LogP contribution in [0.25, 0.3) is 0 Å². The second kappa shape index (κ2) is 2.51. The predicted molar refractivity (Wildman–Crippen MR) is 57.3 cm³/mol. The molecule has 1 atom stereocenters. The van der Waals surface area contributed by atoms with Gasteiger partial charge < -0.3 is 5.11 Å². The van der Waals surface area contributed by atoms with Crippen molar-refractivity contribution in [1.29, 1.82) is 0 Å². The van der Waals surface area contributed by atoms with E-state index in [0.29, 0.717) is 5.76 Å². The normalized spacial score (nSPS) is 32.2. The molecule has 2 heteroatoms. The van der Waals surface area contributed by atoms with Crippen LogP contribution >= 0.6 is 0 Å². The molecule has 0 aromatic carbocycles. The molecular formula is C13H12O2. The summed E-state index contributed by atoms with van der Waals surface area (Å²) in [5.74, 6) is 0.402. The minimum atomic E-state index is -0.102. The Kier molecular flexibility index (Phi) is 1.46. The number of allylic oxidation sites excluding steroid dienone is 7. The molecule has 0 heterocycles. The number of aldehydes is 1. The van der Waals surface area contributed by atoms with E-state index in [9.17, 15) is 9.90 Å². The molecule has 0 aromatic rings. The molecule has 1 unspecified atom stereocenters. The first kappa shape index (κ1) is 8.72. The van der Waals surface area contributed by atoms with Crippen LogP contribution in [-0.2, 0) is 4.79 Å². The second-order valence-electron chi connectivity index (χ2n) is 4.53. The van der Waals surface area contributed by atoms with E-state index in [1.54, 1.807) is 0 Å². The highest BCUT2D eigenvalue weighted by Crippen LogP contribution is 2.58. The molecule has 0 saturated carbocycles. The van der Waals surface area contributed by atoms with Crippen molar-refractivity contribution in [2.75, 3.05) is 0 Å². The molecule has 3 aliphatic carbocycles. The van der Waals surface area contributed by atoms with Crippen LogP contribution in [0.5, 0.6) is 0 Å². The third-order valence-corrected chi connectivity index (χ3v) is 3.82. The smallest absolute Gasteiger partial charge is 0.146 e. The van der Waals surface area contributed by atoms with Gasteiger partial charge in [0.2, 0.25) is 0 Å². The standard InChI is InChI=1S/C13H12O2/c1-13-9-3-2-8(7-14)4-10(13)5-11(13)12(15)6-9/h4-7,15H,2-3H2,1H3. The number of hydrogen-bond donors (Lipinski definition) is 1. The molecule has 0 amide bonds. The van der Waals surface area contributed by atoms with E-state index in [-0.39, 0.29) is 5.41 Å². The lowest BCUT2D eigenvalue weighted by Gasteiger charge is -2.38.